The molecule has 1 aliphatic rings. The van der Waals surface area contributed by atoms with Gasteiger partial charge in [-0.15, -0.1) is 0 Å². The van der Waals surface area contributed by atoms with E-state index in [2.05, 4.69) is 48.0 Å². The van der Waals surface area contributed by atoms with E-state index in [-0.39, 0.29) is 6.10 Å². The van der Waals surface area contributed by atoms with Crippen LogP contribution in [0.25, 0.3) is 10.9 Å². The molecular formula is C21H21N3O. The van der Waals surface area contributed by atoms with Crippen LogP contribution < -0.4 is 4.74 Å². The van der Waals surface area contributed by atoms with Gasteiger partial charge in [0, 0.05) is 36.2 Å². The normalized spacial score (nSPS) is 15.1. The summed E-state index contributed by atoms with van der Waals surface area (Å²) in [4.78, 5) is 5.90. The van der Waals surface area contributed by atoms with Crippen LogP contribution in [0.15, 0.2) is 42.5 Å². The number of fused-ring (bicyclic) bond motifs is 1. The van der Waals surface area contributed by atoms with Gasteiger partial charge in [-0.1, -0.05) is 12.1 Å². The predicted octanol–water partition coefficient (Wildman–Crippen LogP) is 3.92. The number of H-pyrrole nitrogens is 1. The van der Waals surface area contributed by atoms with E-state index in [9.17, 15) is 0 Å². The van der Waals surface area contributed by atoms with Gasteiger partial charge in [0.2, 0.25) is 0 Å². The van der Waals surface area contributed by atoms with E-state index < -0.39 is 0 Å². The molecule has 1 N–H and O–H groups in total. The molecule has 2 aromatic carbocycles. The Balaban J connectivity index is 1.37. The number of nitrogens with one attached hydrogen (secondary N) is 1. The minimum absolute atomic E-state index is 0.197. The number of aromatic nitrogens is 1. The number of likely N-dealkylation sites (tertiary alicyclic amines) is 1. The number of aryl methyl sites for hydroxylation is 2. The molecule has 4 rings (SSSR count). The summed E-state index contributed by atoms with van der Waals surface area (Å²) >= 11 is 0. The number of nitriles is 1. The summed E-state index contributed by atoms with van der Waals surface area (Å²) in [6.45, 7) is 7.01. The lowest BCUT2D eigenvalue weighted by molar-refractivity contribution is 0.0139. The molecule has 0 bridgehead atoms. The van der Waals surface area contributed by atoms with Gasteiger partial charge in [-0.05, 0) is 55.3 Å². The maximum absolute atomic E-state index is 8.95. The van der Waals surface area contributed by atoms with E-state index in [4.69, 9.17) is 10.00 Å². The van der Waals surface area contributed by atoms with Crippen molar-refractivity contribution in [1.29, 1.82) is 5.26 Å². The van der Waals surface area contributed by atoms with Crippen LogP contribution in [-0.2, 0) is 6.54 Å². The van der Waals surface area contributed by atoms with E-state index in [0.29, 0.717) is 5.56 Å². The molecule has 1 aromatic heterocycles. The molecule has 0 radical (unpaired) electrons. The lowest BCUT2D eigenvalue weighted by atomic mass is 10.1. The first-order valence-corrected chi connectivity index (χ1v) is 8.59. The zero-order valence-electron chi connectivity index (χ0n) is 14.5. The largest absolute Gasteiger partial charge is 0.488 e. The molecule has 0 spiro atoms. The fourth-order valence-corrected chi connectivity index (χ4v) is 3.54. The van der Waals surface area contributed by atoms with Gasteiger partial charge in [-0.2, -0.15) is 5.26 Å². The highest BCUT2D eigenvalue weighted by atomic mass is 16.5. The first-order valence-electron chi connectivity index (χ1n) is 8.59. The van der Waals surface area contributed by atoms with Crippen molar-refractivity contribution in [1.82, 2.24) is 9.88 Å². The van der Waals surface area contributed by atoms with Gasteiger partial charge in [0.05, 0.1) is 11.6 Å². The minimum Gasteiger partial charge on any atom is -0.488 e. The Bertz CT molecular complexity index is 961. The van der Waals surface area contributed by atoms with E-state index in [1.54, 1.807) is 12.1 Å². The van der Waals surface area contributed by atoms with Crippen LogP contribution in [0.1, 0.15) is 22.4 Å². The van der Waals surface area contributed by atoms with E-state index in [1.165, 1.54) is 27.7 Å². The number of hydrogen-bond donors (Lipinski definition) is 1. The second kappa shape index (κ2) is 6.27. The fourth-order valence-electron chi connectivity index (χ4n) is 3.54. The van der Waals surface area contributed by atoms with Gasteiger partial charge in [0.1, 0.15) is 11.9 Å². The molecule has 126 valence electrons. The molecule has 0 amide bonds. The monoisotopic (exact) mass is 331 g/mol. The maximum Gasteiger partial charge on any atom is 0.124 e. The van der Waals surface area contributed by atoms with Crippen molar-refractivity contribution < 1.29 is 4.74 Å². The van der Waals surface area contributed by atoms with Gasteiger partial charge >= 0.3 is 0 Å². The van der Waals surface area contributed by atoms with Gasteiger partial charge in [-0.3, -0.25) is 4.90 Å². The fraction of sp³-hybridized carbons (Fsp3) is 0.286. The first-order chi connectivity index (χ1) is 12.1. The predicted molar refractivity (Wildman–Crippen MR) is 98.6 cm³/mol. The Morgan fingerprint density at radius 1 is 1.20 bits per heavy atom. The lowest BCUT2D eigenvalue weighted by Crippen LogP contribution is -2.53. The maximum atomic E-state index is 8.95. The highest BCUT2D eigenvalue weighted by Crippen LogP contribution is 2.24. The van der Waals surface area contributed by atoms with Gasteiger partial charge in [-0.25, -0.2) is 0 Å². The topological polar surface area (TPSA) is 52.0 Å². The summed E-state index contributed by atoms with van der Waals surface area (Å²) in [5.74, 6) is 0.778. The Morgan fingerprint density at radius 2 is 2.04 bits per heavy atom. The van der Waals surface area contributed by atoms with Gasteiger partial charge in [0.15, 0.2) is 0 Å². The molecule has 0 atom stereocenters. The number of nitrogens with zero attached hydrogens (tertiary/aromatic N) is 2. The zero-order chi connectivity index (χ0) is 17.4. The smallest absolute Gasteiger partial charge is 0.124 e. The van der Waals surface area contributed by atoms with Crippen molar-refractivity contribution in [2.75, 3.05) is 13.1 Å². The van der Waals surface area contributed by atoms with Gasteiger partial charge in [0.25, 0.3) is 0 Å². The SMILES string of the molecule is Cc1cc(C)c2cc(CN3CC(Oc4cccc(C#N)c4)C3)[nH]c2c1. The Labute approximate surface area is 147 Å². The lowest BCUT2D eigenvalue weighted by Gasteiger charge is -2.38. The Hall–Kier alpha value is -2.77. The molecule has 0 unspecified atom stereocenters. The van der Waals surface area contributed by atoms with Crippen molar-refractivity contribution in [3.05, 3.63) is 64.8 Å². The second-order valence-electron chi connectivity index (χ2n) is 6.91. The Kier molecular flexibility index (Phi) is 3.95. The first kappa shape index (κ1) is 15.7. The number of aromatic amines is 1. The molecule has 3 aromatic rings. The van der Waals surface area contributed by atoms with Crippen LogP contribution in [0.3, 0.4) is 0 Å². The number of benzene rings is 2. The second-order valence-corrected chi connectivity index (χ2v) is 6.91. The summed E-state index contributed by atoms with van der Waals surface area (Å²) in [7, 11) is 0. The molecule has 1 saturated heterocycles. The molecule has 1 fully saturated rings. The van der Waals surface area contributed by atoms with E-state index in [0.717, 1.165) is 25.4 Å². The molecule has 1 aliphatic heterocycles. The summed E-state index contributed by atoms with van der Waals surface area (Å²) < 4.78 is 5.95. The van der Waals surface area contributed by atoms with Crippen molar-refractivity contribution in [2.45, 2.75) is 26.5 Å². The summed E-state index contributed by atoms with van der Waals surface area (Å²) in [6.07, 6.45) is 0.197. The van der Waals surface area contributed by atoms with E-state index in [1.807, 2.05) is 12.1 Å². The highest BCUT2D eigenvalue weighted by molar-refractivity contribution is 5.84. The molecule has 4 nitrogen and oxygen atoms in total. The van der Waals surface area contributed by atoms with Gasteiger partial charge < -0.3 is 9.72 Å². The Morgan fingerprint density at radius 3 is 2.84 bits per heavy atom. The van der Waals surface area contributed by atoms with Crippen LogP contribution in [0.2, 0.25) is 0 Å². The number of ether oxygens (including phenoxy) is 1. The summed E-state index contributed by atoms with van der Waals surface area (Å²) in [6, 6.07) is 16.2. The molecule has 0 aliphatic carbocycles. The van der Waals surface area contributed by atoms with Crippen LogP contribution >= 0.6 is 0 Å². The van der Waals surface area contributed by atoms with Crippen LogP contribution in [0.4, 0.5) is 0 Å². The number of rotatable bonds is 4. The molecule has 25 heavy (non-hydrogen) atoms. The van der Waals surface area contributed by atoms with Crippen molar-refractivity contribution >= 4 is 10.9 Å². The van der Waals surface area contributed by atoms with Crippen LogP contribution in [0, 0.1) is 25.2 Å². The van der Waals surface area contributed by atoms with Crippen LogP contribution in [-0.4, -0.2) is 29.1 Å². The molecule has 4 heteroatoms. The van der Waals surface area contributed by atoms with E-state index >= 15 is 0 Å². The third-order valence-corrected chi connectivity index (χ3v) is 4.73. The van der Waals surface area contributed by atoms with Crippen molar-refractivity contribution in [3.63, 3.8) is 0 Å². The molecular weight excluding hydrogens is 310 g/mol. The van der Waals surface area contributed by atoms with Crippen molar-refractivity contribution in [2.24, 2.45) is 0 Å². The standard InChI is InChI=1S/C21H21N3O/c1-14-6-15(2)20-9-17(23-21(20)7-14)11-24-12-19(13-24)25-18-5-3-4-16(8-18)10-22/h3-9,19,23H,11-13H2,1-2H3. The third kappa shape index (κ3) is 3.24. The average Bonchev–Trinajstić information content (AvgIpc) is 2.96. The summed E-state index contributed by atoms with van der Waals surface area (Å²) in [5, 5.41) is 10.3. The average molecular weight is 331 g/mol. The quantitative estimate of drug-likeness (QED) is 0.788. The third-order valence-electron chi connectivity index (χ3n) is 4.73. The molecule has 2 heterocycles. The highest BCUT2D eigenvalue weighted by Gasteiger charge is 2.28. The minimum atomic E-state index is 0.197. The molecule has 0 saturated carbocycles. The zero-order valence-corrected chi connectivity index (χ0v) is 14.5. The number of hydrogen-bond acceptors (Lipinski definition) is 3. The van der Waals surface area contributed by atoms with Crippen molar-refractivity contribution in [3.8, 4) is 11.8 Å². The summed E-state index contributed by atoms with van der Waals surface area (Å²) in [5.41, 5.74) is 5.70. The van der Waals surface area contributed by atoms with Crippen LogP contribution in [0.5, 0.6) is 5.75 Å².